The summed E-state index contributed by atoms with van der Waals surface area (Å²) in [5, 5.41) is 3.74. The summed E-state index contributed by atoms with van der Waals surface area (Å²) in [6.45, 7) is 4.17. The van der Waals surface area contributed by atoms with Crippen molar-refractivity contribution < 1.29 is 14.3 Å². The highest BCUT2D eigenvalue weighted by Gasteiger charge is 2.33. The summed E-state index contributed by atoms with van der Waals surface area (Å²) < 4.78 is 13.0. The number of nitrogens with one attached hydrogen (secondary N) is 1. The Kier molecular flexibility index (Phi) is 6.26. The monoisotopic (exact) mass is 429 g/mol. The zero-order chi connectivity index (χ0) is 21.1. The number of amides is 1. The van der Waals surface area contributed by atoms with Gasteiger partial charge in [-0.15, -0.1) is 0 Å². The van der Waals surface area contributed by atoms with Gasteiger partial charge in [0.15, 0.2) is 0 Å². The zero-order valence-electron chi connectivity index (χ0n) is 17.0. The second kappa shape index (κ2) is 9.07. The van der Waals surface area contributed by atoms with Crippen molar-refractivity contribution in [3.05, 3.63) is 52.8 Å². The number of hydrogen-bond donors (Lipinski definition) is 1. The second-order valence-corrected chi connectivity index (χ2v) is 7.80. The summed E-state index contributed by atoms with van der Waals surface area (Å²) in [5.74, 6) is 0.567. The van der Waals surface area contributed by atoms with E-state index >= 15 is 0 Å². The van der Waals surface area contributed by atoms with E-state index in [0.717, 1.165) is 29.0 Å². The van der Waals surface area contributed by atoms with Gasteiger partial charge in [-0.25, -0.2) is 9.97 Å². The van der Waals surface area contributed by atoms with E-state index < -0.39 is 0 Å². The van der Waals surface area contributed by atoms with Gasteiger partial charge in [-0.3, -0.25) is 9.78 Å². The van der Waals surface area contributed by atoms with Crippen LogP contribution in [0.15, 0.2) is 30.6 Å². The number of methoxy groups -OCH3 is 1. The Morgan fingerprint density at radius 1 is 1.40 bits per heavy atom. The molecule has 2 aromatic heterocycles. The number of carbonyl (C=O) groups excluding carboxylic acids is 1. The van der Waals surface area contributed by atoms with E-state index in [4.69, 9.17) is 26.1 Å². The molecule has 30 heavy (non-hydrogen) atoms. The number of nitrogens with zero attached hydrogens (tertiary/aromatic N) is 4. The number of fused-ring (bicyclic) bond motifs is 1. The van der Waals surface area contributed by atoms with E-state index in [-0.39, 0.29) is 23.6 Å². The van der Waals surface area contributed by atoms with Crippen LogP contribution in [0.1, 0.15) is 34.5 Å². The lowest BCUT2D eigenvalue weighted by molar-refractivity contribution is 0.0905. The maximum absolute atomic E-state index is 13.0. The SMILES string of the molecule is COCCn1c([C@@H](NC(=O)c2cnc(C)cn2)[C@@H]2CCOC2)nc2cc(Cl)ccc21. The Hall–Kier alpha value is -2.55. The van der Waals surface area contributed by atoms with Gasteiger partial charge in [-0.2, -0.15) is 0 Å². The molecule has 1 aromatic carbocycles. The van der Waals surface area contributed by atoms with Crippen LogP contribution in [0.3, 0.4) is 0 Å². The Bertz CT molecular complexity index is 1030. The number of carbonyl (C=O) groups is 1. The molecule has 8 nitrogen and oxygen atoms in total. The molecule has 0 bridgehead atoms. The number of aryl methyl sites for hydroxylation is 1. The lowest BCUT2D eigenvalue weighted by Gasteiger charge is -2.24. The molecule has 1 fully saturated rings. The number of hydrogen-bond acceptors (Lipinski definition) is 6. The molecule has 1 aliphatic rings. The van der Waals surface area contributed by atoms with Gasteiger partial charge >= 0.3 is 0 Å². The van der Waals surface area contributed by atoms with Crippen LogP contribution in [0.4, 0.5) is 0 Å². The molecule has 3 heterocycles. The molecular formula is C21H24ClN5O3. The Balaban J connectivity index is 1.73. The summed E-state index contributed by atoms with van der Waals surface area (Å²) in [6.07, 6.45) is 3.90. The number of rotatable bonds is 7. The largest absolute Gasteiger partial charge is 0.383 e. The van der Waals surface area contributed by atoms with E-state index in [1.54, 1.807) is 13.3 Å². The van der Waals surface area contributed by atoms with Gasteiger partial charge in [-0.1, -0.05) is 11.6 Å². The number of aromatic nitrogens is 4. The fourth-order valence-electron chi connectivity index (χ4n) is 3.71. The molecule has 2 atom stereocenters. The van der Waals surface area contributed by atoms with E-state index in [9.17, 15) is 4.79 Å². The minimum atomic E-state index is -0.342. The number of benzene rings is 1. The van der Waals surface area contributed by atoms with Crippen LogP contribution in [0.5, 0.6) is 0 Å². The minimum Gasteiger partial charge on any atom is -0.383 e. The summed E-state index contributed by atoms with van der Waals surface area (Å²) in [7, 11) is 1.66. The summed E-state index contributed by atoms with van der Waals surface area (Å²) >= 11 is 6.19. The summed E-state index contributed by atoms with van der Waals surface area (Å²) in [5.41, 5.74) is 2.75. The van der Waals surface area contributed by atoms with Crippen molar-refractivity contribution in [1.29, 1.82) is 0 Å². The first-order chi connectivity index (χ1) is 14.6. The van der Waals surface area contributed by atoms with E-state index in [1.165, 1.54) is 6.20 Å². The second-order valence-electron chi connectivity index (χ2n) is 7.37. The molecule has 1 saturated heterocycles. The average molecular weight is 430 g/mol. The molecule has 1 aliphatic heterocycles. The Morgan fingerprint density at radius 2 is 2.27 bits per heavy atom. The average Bonchev–Trinajstić information content (AvgIpc) is 3.38. The summed E-state index contributed by atoms with van der Waals surface area (Å²) in [6, 6.07) is 5.27. The Labute approximate surface area is 179 Å². The van der Waals surface area contributed by atoms with Gasteiger partial charge in [0.1, 0.15) is 11.5 Å². The van der Waals surface area contributed by atoms with Crippen molar-refractivity contribution in [3.8, 4) is 0 Å². The van der Waals surface area contributed by atoms with Crippen molar-refractivity contribution in [2.45, 2.75) is 25.9 Å². The van der Waals surface area contributed by atoms with Crippen molar-refractivity contribution in [2.75, 3.05) is 26.9 Å². The number of ether oxygens (including phenoxy) is 2. The third-order valence-corrected chi connectivity index (χ3v) is 5.51. The van der Waals surface area contributed by atoms with Gasteiger partial charge in [-0.05, 0) is 31.5 Å². The standard InChI is InChI=1S/C21H24ClN5O3/c1-13-10-24-17(11-23-13)21(28)26-19(14-5-7-30-12-14)20-25-16-9-15(22)3-4-18(16)27(20)6-8-29-2/h3-4,9-11,14,19H,5-8,12H2,1-2H3,(H,26,28)/t14-,19+/m1/s1. The first-order valence-electron chi connectivity index (χ1n) is 9.88. The van der Waals surface area contributed by atoms with Crippen LogP contribution >= 0.6 is 11.6 Å². The molecule has 0 unspecified atom stereocenters. The molecule has 0 saturated carbocycles. The molecule has 0 radical (unpaired) electrons. The van der Waals surface area contributed by atoms with Crippen LogP contribution in [0.25, 0.3) is 11.0 Å². The molecule has 3 aromatic rings. The van der Waals surface area contributed by atoms with Crippen LogP contribution in [0.2, 0.25) is 5.02 Å². The molecular weight excluding hydrogens is 406 g/mol. The zero-order valence-corrected chi connectivity index (χ0v) is 17.7. The van der Waals surface area contributed by atoms with E-state index in [2.05, 4.69) is 19.9 Å². The highest BCUT2D eigenvalue weighted by atomic mass is 35.5. The number of halogens is 1. The van der Waals surface area contributed by atoms with Gasteiger partial charge < -0.3 is 19.4 Å². The molecule has 9 heteroatoms. The topological polar surface area (TPSA) is 91.2 Å². The predicted octanol–water partition coefficient (Wildman–Crippen LogP) is 2.94. The van der Waals surface area contributed by atoms with E-state index in [0.29, 0.717) is 31.4 Å². The molecule has 1 amide bonds. The van der Waals surface area contributed by atoms with Crippen molar-refractivity contribution in [2.24, 2.45) is 5.92 Å². The molecule has 4 rings (SSSR count). The third kappa shape index (κ3) is 4.30. The molecule has 0 spiro atoms. The maximum atomic E-state index is 13.0. The fraction of sp³-hybridized carbons (Fsp3) is 0.429. The Morgan fingerprint density at radius 3 is 2.97 bits per heavy atom. The number of imidazole rings is 1. The molecule has 1 N–H and O–H groups in total. The highest BCUT2D eigenvalue weighted by Crippen LogP contribution is 2.32. The van der Waals surface area contributed by atoms with Crippen molar-refractivity contribution >= 4 is 28.5 Å². The minimum absolute atomic E-state index is 0.0981. The van der Waals surface area contributed by atoms with Crippen LogP contribution in [-0.2, 0) is 16.0 Å². The third-order valence-electron chi connectivity index (χ3n) is 5.27. The van der Waals surface area contributed by atoms with Gasteiger partial charge in [0.2, 0.25) is 0 Å². The van der Waals surface area contributed by atoms with Crippen LogP contribution in [-0.4, -0.2) is 52.4 Å². The quantitative estimate of drug-likeness (QED) is 0.621. The lowest BCUT2D eigenvalue weighted by atomic mass is 9.98. The van der Waals surface area contributed by atoms with Gasteiger partial charge in [0.25, 0.3) is 5.91 Å². The normalized spacial score (nSPS) is 17.4. The van der Waals surface area contributed by atoms with Crippen LogP contribution < -0.4 is 5.32 Å². The van der Waals surface area contributed by atoms with Crippen molar-refractivity contribution in [1.82, 2.24) is 24.8 Å². The van der Waals surface area contributed by atoms with Gasteiger partial charge in [0.05, 0.1) is 42.2 Å². The predicted molar refractivity (Wildman–Crippen MR) is 113 cm³/mol. The van der Waals surface area contributed by atoms with Crippen molar-refractivity contribution in [3.63, 3.8) is 0 Å². The van der Waals surface area contributed by atoms with E-state index in [1.807, 2.05) is 25.1 Å². The highest BCUT2D eigenvalue weighted by molar-refractivity contribution is 6.31. The van der Waals surface area contributed by atoms with Gasteiger partial charge in [0, 0.05) is 37.4 Å². The van der Waals surface area contributed by atoms with Crippen LogP contribution in [0, 0.1) is 12.8 Å². The fourth-order valence-corrected chi connectivity index (χ4v) is 3.88. The maximum Gasteiger partial charge on any atom is 0.272 e. The molecule has 158 valence electrons. The lowest BCUT2D eigenvalue weighted by Crippen LogP contribution is -2.36. The molecule has 0 aliphatic carbocycles. The summed E-state index contributed by atoms with van der Waals surface area (Å²) in [4.78, 5) is 26.2. The first kappa shape index (κ1) is 20.7. The first-order valence-corrected chi connectivity index (χ1v) is 10.3. The smallest absolute Gasteiger partial charge is 0.272 e.